The first-order valence-corrected chi connectivity index (χ1v) is 6.73. The molecule has 0 bridgehead atoms. The minimum absolute atomic E-state index is 0.759. The zero-order valence-electron chi connectivity index (χ0n) is 11.3. The molecule has 1 rings (SSSR count). The predicted molar refractivity (Wildman–Crippen MR) is 75.6 cm³/mol. The van der Waals surface area contributed by atoms with Gasteiger partial charge in [-0.2, -0.15) is 0 Å². The number of hydrogen-bond donors (Lipinski definition) is 2. The molecule has 0 saturated heterocycles. The van der Waals surface area contributed by atoms with Gasteiger partial charge in [-0.25, -0.2) is 4.98 Å². The highest BCUT2D eigenvalue weighted by molar-refractivity contribution is 5.51. The zero-order valence-corrected chi connectivity index (χ0v) is 11.3. The Hall–Kier alpha value is -1.25. The summed E-state index contributed by atoms with van der Waals surface area (Å²) in [5, 5.41) is 6.78. The third kappa shape index (κ3) is 5.07. The van der Waals surface area contributed by atoms with Crippen LogP contribution in [0.15, 0.2) is 18.3 Å². The van der Waals surface area contributed by atoms with Crippen molar-refractivity contribution in [2.24, 2.45) is 5.92 Å². The summed E-state index contributed by atoms with van der Waals surface area (Å²) in [6.45, 7) is 8.67. The standard InChI is InChI=1S/C14H25N3/c1-4-8-15-14-10-13(7-9-16-14)17-11-12(5-2)6-3/h7,9-10,12H,4-6,8,11H2,1-3H3,(H2,15,16,17). The molecule has 3 nitrogen and oxygen atoms in total. The lowest BCUT2D eigenvalue weighted by molar-refractivity contribution is 0.519. The molecule has 1 aromatic heterocycles. The lowest BCUT2D eigenvalue weighted by atomic mass is 10.0. The van der Waals surface area contributed by atoms with Gasteiger partial charge in [-0.15, -0.1) is 0 Å². The van der Waals surface area contributed by atoms with Crippen LogP contribution < -0.4 is 10.6 Å². The molecule has 1 aromatic rings. The van der Waals surface area contributed by atoms with E-state index in [2.05, 4.69) is 42.5 Å². The minimum atomic E-state index is 0.759. The monoisotopic (exact) mass is 235 g/mol. The summed E-state index contributed by atoms with van der Waals surface area (Å²) in [6, 6.07) is 4.11. The van der Waals surface area contributed by atoms with E-state index in [1.807, 2.05) is 12.3 Å². The highest BCUT2D eigenvalue weighted by Gasteiger charge is 2.03. The van der Waals surface area contributed by atoms with Gasteiger partial charge >= 0.3 is 0 Å². The zero-order chi connectivity index (χ0) is 12.5. The Bertz CT molecular complexity index is 308. The van der Waals surface area contributed by atoms with Crippen LogP contribution in [0.2, 0.25) is 0 Å². The van der Waals surface area contributed by atoms with E-state index in [-0.39, 0.29) is 0 Å². The van der Waals surface area contributed by atoms with Crippen LogP contribution in [0.25, 0.3) is 0 Å². The van der Waals surface area contributed by atoms with Crippen LogP contribution in [0.1, 0.15) is 40.0 Å². The summed E-state index contributed by atoms with van der Waals surface area (Å²) in [4.78, 5) is 4.29. The highest BCUT2D eigenvalue weighted by Crippen LogP contribution is 2.14. The highest BCUT2D eigenvalue weighted by atomic mass is 15.0. The van der Waals surface area contributed by atoms with Crippen molar-refractivity contribution >= 4 is 11.5 Å². The first kappa shape index (κ1) is 13.8. The molecular weight excluding hydrogens is 210 g/mol. The fraction of sp³-hybridized carbons (Fsp3) is 0.643. The average molecular weight is 235 g/mol. The van der Waals surface area contributed by atoms with Crippen molar-refractivity contribution in [1.29, 1.82) is 0 Å². The van der Waals surface area contributed by atoms with E-state index in [4.69, 9.17) is 0 Å². The SMILES string of the molecule is CCCNc1cc(NCC(CC)CC)ccn1. The van der Waals surface area contributed by atoms with Crippen molar-refractivity contribution in [3.8, 4) is 0 Å². The summed E-state index contributed by atoms with van der Waals surface area (Å²) in [5.74, 6) is 1.72. The van der Waals surface area contributed by atoms with Crippen molar-refractivity contribution < 1.29 is 0 Å². The van der Waals surface area contributed by atoms with Gasteiger partial charge in [0, 0.05) is 31.0 Å². The molecule has 0 unspecified atom stereocenters. The van der Waals surface area contributed by atoms with E-state index < -0.39 is 0 Å². The molecule has 0 aliphatic carbocycles. The molecule has 1 heterocycles. The molecule has 0 fully saturated rings. The van der Waals surface area contributed by atoms with Crippen LogP contribution in [0.4, 0.5) is 11.5 Å². The molecule has 0 aromatic carbocycles. The number of rotatable bonds is 8. The summed E-state index contributed by atoms with van der Waals surface area (Å²) >= 11 is 0. The Morgan fingerprint density at radius 2 is 1.94 bits per heavy atom. The maximum absolute atomic E-state index is 4.29. The van der Waals surface area contributed by atoms with Gasteiger partial charge < -0.3 is 10.6 Å². The maximum Gasteiger partial charge on any atom is 0.127 e. The Kier molecular flexibility index (Phi) is 6.45. The van der Waals surface area contributed by atoms with E-state index in [9.17, 15) is 0 Å². The van der Waals surface area contributed by atoms with E-state index >= 15 is 0 Å². The molecule has 0 amide bonds. The van der Waals surface area contributed by atoms with Crippen molar-refractivity contribution in [2.75, 3.05) is 23.7 Å². The van der Waals surface area contributed by atoms with Gasteiger partial charge in [0.15, 0.2) is 0 Å². The first-order valence-electron chi connectivity index (χ1n) is 6.73. The van der Waals surface area contributed by atoms with Crippen LogP contribution in [-0.4, -0.2) is 18.1 Å². The summed E-state index contributed by atoms with van der Waals surface area (Å²) in [7, 11) is 0. The fourth-order valence-corrected chi connectivity index (χ4v) is 1.73. The van der Waals surface area contributed by atoms with E-state index in [0.29, 0.717) is 0 Å². The molecule has 3 heteroatoms. The molecule has 2 N–H and O–H groups in total. The van der Waals surface area contributed by atoms with Crippen LogP contribution in [0, 0.1) is 5.92 Å². The molecule has 0 radical (unpaired) electrons. The number of aromatic nitrogens is 1. The second-order valence-electron chi connectivity index (χ2n) is 4.42. The second kappa shape index (κ2) is 7.93. The molecule has 0 atom stereocenters. The van der Waals surface area contributed by atoms with Crippen LogP contribution in [-0.2, 0) is 0 Å². The fourth-order valence-electron chi connectivity index (χ4n) is 1.73. The first-order chi connectivity index (χ1) is 8.30. The Morgan fingerprint density at radius 3 is 2.59 bits per heavy atom. The van der Waals surface area contributed by atoms with E-state index in [0.717, 1.165) is 36.9 Å². The van der Waals surface area contributed by atoms with Gasteiger partial charge in [0.25, 0.3) is 0 Å². The van der Waals surface area contributed by atoms with Gasteiger partial charge in [-0.05, 0) is 18.4 Å². The molecule has 0 spiro atoms. The van der Waals surface area contributed by atoms with Gasteiger partial charge in [0.05, 0.1) is 0 Å². The van der Waals surface area contributed by atoms with Gasteiger partial charge in [-0.1, -0.05) is 33.6 Å². The van der Waals surface area contributed by atoms with Crippen LogP contribution >= 0.6 is 0 Å². The summed E-state index contributed by atoms with van der Waals surface area (Å²) in [5.41, 5.74) is 1.16. The molecule has 0 aliphatic rings. The van der Waals surface area contributed by atoms with Crippen molar-refractivity contribution in [2.45, 2.75) is 40.0 Å². The van der Waals surface area contributed by atoms with Crippen LogP contribution in [0.3, 0.4) is 0 Å². The summed E-state index contributed by atoms with van der Waals surface area (Å²) in [6.07, 6.45) is 5.44. The smallest absolute Gasteiger partial charge is 0.127 e. The van der Waals surface area contributed by atoms with Crippen molar-refractivity contribution in [3.63, 3.8) is 0 Å². The van der Waals surface area contributed by atoms with Gasteiger partial charge in [0.1, 0.15) is 5.82 Å². The van der Waals surface area contributed by atoms with E-state index in [1.165, 1.54) is 12.8 Å². The van der Waals surface area contributed by atoms with Crippen molar-refractivity contribution in [3.05, 3.63) is 18.3 Å². The lowest BCUT2D eigenvalue weighted by Crippen LogP contribution is -2.13. The Balaban J connectivity index is 2.47. The third-order valence-electron chi connectivity index (χ3n) is 3.07. The van der Waals surface area contributed by atoms with Crippen molar-refractivity contribution in [1.82, 2.24) is 4.98 Å². The molecule has 0 aliphatic heterocycles. The quantitative estimate of drug-likeness (QED) is 0.720. The number of anilines is 2. The number of hydrogen-bond acceptors (Lipinski definition) is 3. The maximum atomic E-state index is 4.29. The Morgan fingerprint density at radius 1 is 1.18 bits per heavy atom. The lowest BCUT2D eigenvalue weighted by Gasteiger charge is -2.14. The molecular formula is C14H25N3. The minimum Gasteiger partial charge on any atom is -0.385 e. The third-order valence-corrected chi connectivity index (χ3v) is 3.07. The number of nitrogens with one attached hydrogen (secondary N) is 2. The van der Waals surface area contributed by atoms with E-state index in [1.54, 1.807) is 0 Å². The van der Waals surface area contributed by atoms with Gasteiger partial charge in [-0.3, -0.25) is 0 Å². The largest absolute Gasteiger partial charge is 0.385 e. The topological polar surface area (TPSA) is 37.0 Å². The second-order valence-corrected chi connectivity index (χ2v) is 4.42. The van der Waals surface area contributed by atoms with Crippen LogP contribution in [0.5, 0.6) is 0 Å². The molecule has 17 heavy (non-hydrogen) atoms. The normalized spacial score (nSPS) is 10.6. The number of pyridine rings is 1. The Labute approximate surface area is 105 Å². The summed E-state index contributed by atoms with van der Waals surface area (Å²) < 4.78 is 0. The predicted octanol–water partition coefficient (Wildman–Crippen LogP) is 3.75. The molecule has 96 valence electrons. The van der Waals surface area contributed by atoms with Gasteiger partial charge in [0.2, 0.25) is 0 Å². The average Bonchev–Trinajstić information content (AvgIpc) is 2.38. The molecule has 0 saturated carbocycles. The number of nitrogens with zero attached hydrogens (tertiary/aromatic N) is 1.